The number of rotatable bonds is 49. The van der Waals surface area contributed by atoms with Gasteiger partial charge in [-0.3, -0.25) is 9.59 Å². The summed E-state index contributed by atoms with van der Waals surface area (Å²) in [5, 5.41) is 9.62. The van der Waals surface area contributed by atoms with Gasteiger partial charge in [0.2, 0.25) is 0 Å². The SMILES string of the molecule is CC/C=C\C/C=C\C/C=C\C/C=C\C/C=C\C/C=C\C/C=C\C/C=C\C/C=C\C/C=C\CCCCCCCCCCC(=O)OC(CO)COC(=O)CCCCCCCCCCCCCCCC. The summed E-state index contributed by atoms with van der Waals surface area (Å²) in [6.07, 6.45) is 83.0. The lowest BCUT2D eigenvalue weighted by atomic mass is 10.0. The summed E-state index contributed by atoms with van der Waals surface area (Å²) in [4.78, 5) is 24.4. The molecule has 5 heteroatoms. The van der Waals surface area contributed by atoms with Crippen molar-refractivity contribution in [2.45, 2.75) is 245 Å². The zero-order valence-electron chi connectivity index (χ0n) is 43.4. The van der Waals surface area contributed by atoms with Crippen molar-refractivity contribution in [3.05, 3.63) is 122 Å². The Kier molecular flexibility index (Phi) is 53.5. The van der Waals surface area contributed by atoms with E-state index in [-0.39, 0.29) is 25.2 Å². The monoisotopic (exact) mass is 927 g/mol. The van der Waals surface area contributed by atoms with Crippen LogP contribution in [-0.4, -0.2) is 36.4 Å². The molecule has 1 N–H and O–H groups in total. The first-order valence-corrected chi connectivity index (χ1v) is 27.6. The van der Waals surface area contributed by atoms with Crippen molar-refractivity contribution in [2.75, 3.05) is 13.2 Å². The molecule has 0 aliphatic carbocycles. The quantitative estimate of drug-likeness (QED) is 0.0374. The second kappa shape index (κ2) is 56.6. The largest absolute Gasteiger partial charge is 0.462 e. The van der Waals surface area contributed by atoms with Crippen molar-refractivity contribution in [1.29, 1.82) is 0 Å². The Labute approximate surface area is 413 Å². The zero-order chi connectivity index (χ0) is 48.5. The van der Waals surface area contributed by atoms with E-state index in [4.69, 9.17) is 9.47 Å². The second-order valence-electron chi connectivity index (χ2n) is 17.9. The van der Waals surface area contributed by atoms with Crippen LogP contribution in [0.5, 0.6) is 0 Å². The summed E-state index contributed by atoms with van der Waals surface area (Å²) in [7, 11) is 0. The highest BCUT2D eigenvalue weighted by molar-refractivity contribution is 5.70. The van der Waals surface area contributed by atoms with Crippen molar-refractivity contribution < 1.29 is 24.2 Å². The Morgan fingerprint density at radius 2 is 0.642 bits per heavy atom. The molecule has 1 atom stereocenters. The van der Waals surface area contributed by atoms with Gasteiger partial charge in [0.25, 0.3) is 0 Å². The number of carbonyl (C=O) groups is 2. The minimum atomic E-state index is -0.781. The van der Waals surface area contributed by atoms with Gasteiger partial charge in [-0.15, -0.1) is 0 Å². The summed E-state index contributed by atoms with van der Waals surface area (Å²) in [6, 6.07) is 0. The topological polar surface area (TPSA) is 72.8 Å². The van der Waals surface area contributed by atoms with E-state index in [1.165, 1.54) is 103 Å². The van der Waals surface area contributed by atoms with Crippen LogP contribution in [0.3, 0.4) is 0 Å². The lowest BCUT2D eigenvalue weighted by molar-refractivity contribution is -0.161. The molecule has 0 aromatic carbocycles. The van der Waals surface area contributed by atoms with E-state index in [1.54, 1.807) is 0 Å². The molecule has 0 aliphatic rings. The fraction of sp³-hybridized carbons (Fsp3) is 0.645. The van der Waals surface area contributed by atoms with Crippen molar-refractivity contribution in [2.24, 2.45) is 0 Å². The van der Waals surface area contributed by atoms with E-state index in [2.05, 4.69) is 135 Å². The molecule has 0 aromatic rings. The standard InChI is InChI=1S/C62H102O5/c1-3-5-7-9-11-13-15-17-19-20-21-22-23-24-25-26-27-28-29-30-31-32-33-34-35-36-37-38-39-40-41-42-43-45-47-49-51-53-55-57-62(65)67-60(58-63)59-66-61(64)56-54-52-50-48-46-44-18-16-14-12-10-8-6-4-2/h5,7,11,13,17,19,21-22,24-25,27-28,30-31,33-34,36-37,39-40,60,63H,3-4,6,8-10,12,14-16,18,20,23,26,29,32,35,38,41-59H2,1-2H3/b7-5-,13-11-,19-17-,22-21-,25-24-,28-27-,31-30-,34-33-,37-36-,40-39-. The van der Waals surface area contributed by atoms with Crippen molar-refractivity contribution >= 4 is 11.9 Å². The number of ether oxygens (including phenoxy) is 2. The summed E-state index contributed by atoms with van der Waals surface area (Å²) in [5.74, 6) is -0.601. The van der Waals surface area contributed by atoms with Gasteiger partial charge in [-0.1, -0.05) is 257 Å². The Morgan fingerprint density at radius 3 is 0.970 bits per heavy atom. The Balaban J connectivity index is 3.60. The first kappa shape index (κ1) is 63.3. The molecule has 0 saturated heterocycles. The highest BCUT2D eigenvalue weighted by Crippen LogP contribution is 2.15. The summed E-state index contributed by atoms with van der Waals surface area (Å²) < 4.78 is 10.7. The van der Waals surface area contributed by atoms with Crippen molar-refractivity contribution in [1.82, 2.24) is 0 Å². The van der Waals surface area contributed by atoms with Gasteiger partial charge in [-0.25, -0.2) is 0 Å². The highest BCUT2D eigenvalue weighted by Gasteiger charge is 2.16. The Morgan fingerprint density at radius 1 is 0.358 bits per heavy atom. The molecule has 0 rings (SSSR count). The number of aliphatic hydroxyl groups is 1. The molecule has 5 nitrogen and oxygen atoms in total. The molecule has 67 heavy (non-hydrogen) atoms. The third kappa shape index (κ3) is 54.8. The molecular weight excluding hydrogens is 825 g/mol. The summed E-state index contributed by atoms with van der Waals surface area (Å²) >= 11 is 0. The Hall–Kier alpha value is -3.70. The van der Waals surface area contributed by atoms with Gasteiger partial charge in [0, 0.05) is 12.8 Å². The maximum atomic E-state index is 12.3. The minimum absolute atomic E-state index is 0.0723. The molecule has 0 bridgehead atoms. The molecule has 380 valence electrons. The molecular formula is C62H102O5. The van der Waals surface area contributed by atoms with Gasteiger partial charge in [-0.2, -0.15) is 0 Å². The number of esters is 2. The van der Waals surface area contributed by atoms with Crippen LogP contribution < -0.4 is 0 Å². The predicted octanol–water partition coefficient (Wildman–Crippen LogP) is 18.7. The van der Waals surface area contributed by atoms with Gasteiger partial charge in [0.05, 0.1) is 6.61 Å². The number of unbranched alkanes of at least 4 members (excludes halogenated alkanes) is 21. The normalized spacial score (nSPS) is 13.2. The fourth-order valence-corrected chi connectivity index (χ4v) is 7.41. The lowest BCUT2D eigenvalue weighted by Gasteiger charge is -2.15. The van der Waals surface area contributed by atoms with E-state index in [0.717, 1.165) is 109 Å². The highest BCUT2D eigenvalue weighted by atomic mass is 16.6. The van der Waals surface area contributed by atoms with Crippen molar-refractivity contribution in [3.63, 3.8) is 0 Å². The number of hydrogen-bond acceptors (Lipinski definition) is 5. The molecule has 1 unspecified atom stereocenters. The minimum Gasteiger partial charge on any atom is -0.462 e. The summed E-state index contributed by atoms with van der Waals surface area (Å²) in [5.41, 5.74) is 0. The number of aliphatic hydroxyl groups excluding tert-OH is 1. The van der Waals surface area contributed by atoms with E-state index in [9.17, 15) is 14.7 Å². The molecule has 0 heterocycles. The molecule has 0 aliphatic heterocycles. The second-order valence-corrected chi connectivity index (χ2v) is 17.9. The number of allylic oxidation sites excluding steroid dienone is 20. The van der Waals surface area contributed by atoms with Crippen LogP contribution >= 0.6 is 0 Å². The number of carbonyl (C=O) groups excluding carboxylic acids is 2. The average Bonchev–Trinajstić information content (AvgIpc) is 3.33. The molecule has 0 saturated carbocycles. The first-order chi connectivity index (χ1) is 33.1. The molecule has 0 aromatic heterocycles. The van der Waals surface area contributed by atoms with E-state index >= 15 is 0 Å². The maximum absolute atomic E-state index is 12.3. The van der Waals surface area contributed by atoms with Gasteiger partial charge in [0.1, 0.15) is 6.61 Å². The Bertz CT molecular complexity index is 1370. The molecule has 0 amide bonds. The summed E-state index contributed by atoms with van der Waals surface area (Å²) in [6.45, 7) is 4.02. The van der Waals surface area contributed by atoms with Crippen LogP contribution in [0.1, 0.15) is 239 Å². The van der Waals surface area contributed by atoms with Crippen LogP contribution in [0.15, 0.2) is 122 Å². The molecule has 0 radical (unpaired) electrons. The lowest BCUT2D eigenvalue weighted by Crippen LogP contribution is -2.28. The third-order valence-corrected chi connectivity index (χ3v) is 11.5. The van der Waals surface area contributed by atoms with Crippen LogP contribution in [-0.2, 0) is 19.1 Å². The molecule has 0 fully saturated rings. The maximum Gasteiger partial charge on any atom is 0.306 e. The van der Waals surface area contributed by atoms with Crippen LogP contribution in [0, 0.1) is 0 Å². The van der Waals surface area contributed by atoms with Crippen LogP contribution in [0.2, 0.25) is 0 Å². The van der Waals surface area contributed by atoms with Gasteiger partial charge in [-0.05, 0) is 89.9 Å². The van der Waals surface area contributed by atoms with E-state index in [0.29, 0.717) is 12.8 Å². The van der Waals surface area contributed by atoms with E-state index < -0.39 is 6.10 Å². The first-order valence-electron chi connectivity index (χ1n) is 27.6. The predicted molar refractivity (Wildman–Crippen MR) is 292 cm³/mol. The fourth-order valence-electron chi connectivity index (χ4n) is 7.41. The number of hydrogen-bond donors (Lipinski definition) is 1. The molecule has 0 spiro atoms. The van der Waals surface area contributed by atoms with E-state index in [1.807, 2.05) is 0 Å². The smallest absolute Gasteiger partial charge is 0.306 e. The van der Waals surface area contributed by atoms with Gasteiger partial charge in [0.15, 0.2) is 6.10 Å². The zero-order valence-corrected chi connectivity index (χ0v) is 43.4. The van der Waals surface area contributed by atoms with Gasteiger partial charge < -0.3 is 14.6 Å². The van der Waals surface area contributed by atoms with Crippen LogP contribution in [0.25, 0.3) is 0 Å². The third-order valence-electron chi connectivity index (χ3n) is 11.5. The van der Waals surface area contributed by atoms with Gasteiger partial charge >= 0.3 is 11.9 Å². The van der Waals surface area contributed by atoms with Crippen molar-refractivity contribution in [3.8, 4) is 0 Å². The van der Waals surface area contributed by atoms with Crippen LogP contribution in [0.4, 0.5) is 0 Å². The average molecular weight is 927 g/mol.